The van der Waals surface area contributed by atoms with Crippen molar-refractivity contribution in [3.63, 3.8) is 0 Å². The SMILES string of the molecule is CC(C)(COP(=O)(O)OP(=O)(O)OC[C@H]1O[C@@H](n2cnc3c(N)ncnc32)C(O)[C@H]1OP(=O)(O)O)[C@@H](O)C(=O)NCCC(=O)NCCS[C@H]1CC(=O)N(CCCCCC(=O)NNC(=O)CCC(=O)N[C@H]2CC[C@@]3(C)[C@H](CC[C@@H]4[C@H]3C[C@@H](O)[C@]3(C)[C@@H](C5=CC(=O)OC5)CC[C@]43O)C2)C1=O. The van der Waals surface area contributed by atoms with Gasteiger partial charge in [-0.1, -0.05) is 34.1 Å². The van der Waals surface area contributed by atoms with Crippen molar-refractivity contribution in [1.82, 2.24) is 51.2 Å². The Balaban J connectivity index is 0.588. The van der Waals surface area contributed by atoms with Crippen LogP contribution in [-0.4, -0.2) is 204 Å². The lowest BCUT2D eigenvalue weighted by molar-refractivity contribution is -0.243. The van der Waals surface area contributed by atoms with Crippen molar-refractivity contribution in [3.05, 3.63) is 24.3 Å². The van der Waals surface area contributed by atoms with Crippen LogP contribution in [0.2, 0.25) is 0 Å². The van der Waals surface area contributed by atoms with Crippen LogP contribution in [0.5, 0.6) is 0 Å². The van der Waals surface area contributed by atoms with Crippen LogP contribution in [0.3, 0.4) is 0 Å². The van der Waals surface area contributed by atoms with E-state index in [0.29, 0.717) is 38.5 Å². The predicted molar refractivity (Wildman–Crippen MR) is 340 cm³/mol. The number of imide groups is 1. The number of hydrazine groups is 1. The summed E-state index contributed by atoms with van der Waals surface area (Å²) in [6.45, 7) is 4.72. The maximum absolute atomic E-state index is 13.1. The van der Waals surface area contributed by atoms with Crippen molar-refractivity contribution in [2.75, 3.05) is 50.9 Å². The monoisotopic (exact) mass is 1460 g/mol. The van der Waals surface area contributed by atoms with Crippen molar-refractivity contribution in [2.45, 2.75) is 184 Å². The number of nitrogens with one attached hydrogen (secondary N) is 5. The van der Waals surface area contributed by atoms with Gasteiger partial charge >= 0.3 is 29.4 Å². The molecule has 3 aliphatic heterocycles. The van der Waals surface area contributed by atoms with Gasteiger partial charge in [-0.2, -0.15) is 4.31 Å². The second-order valence-electron chi connectivity index (χ2n) is 27.3. The number of hydrogen-bond donors (Lipinski definition) is 14. The number of phosphoric ester groups is 3. The molecule has 7 aliphatic rings. The summed E-state index contributed by atoms with van der Waals surface area (Å²) < 4.78 is 68.0. The molecule has 15 N–H and O–H groups in total. The molecule has 546 valence electrons. The summed E-state index contributed by atoms with van der Waals surface area (Å²) in [5.41, 5.74) is 7.72. The van der Waals surface area contributed by atoms with E-state index in [1.165, 1.54) is 31.7 Å². The number of unbranched alkanes of at least 4 members (excludes halogenated alkanes) is 2. The van der Waals surface area contributed by atoms with Crippen LogP contribution in [-0.2, 0) is 79.4 Å². The first-order valence-corrected chi connectivity index (χ1v) is 38.0. The minimum absolute atomic E-state index is 0.000847. The molecule has 7 amide bonds. The van der Waals surface area contributed by atoms with Crippen LogP contribution < -0.4 is 32.5 Å². The second kappa shape index (κ2) is 31.0. The Labute approximate surface area is 567 Å². The van der Waals surface area contributed by atoms with Crippen LogP contribution in [0.4, 0.5) is 5.82 Å². The van der Waals surface area contributed by atoms with Gasteiger partial charge < -0.3 is 71.2 Å². The molecule has 0 spiro atoms. The van der Waals surface area contributed by atoms with Gasteiger partial charge in [0, 0.05) is 80.4 Å². The fourth-order valence-corrected chi connectivity index (χ4v) is 19.3. The number of ether oxygens (including phenoxy) is 2. The van der Waals surface area contributed by atoms with Crippen LogP contribution in [0, 0.1) is 39.9 Å². The molecular weight excluding hydrogens is 1380 g/mol. The zero-order chi connectivity index (χ0) is 71.5. The number of aliphatic hydroxyl groups is 4. The molecule has 6 fully saturated rings. The third-order valence-corrected chi connectivity index (χ3v) is 25.0. The van der Waals surface area contributed by atoms with E-state index in [4.69, 9.17) is 24.3 Å². The predicted octanol–water partition coefficient (Wildman–Crippen LogP) is 0.466. The zero-order valence-corrected chi connectivity index (χ0v) is 58.0. The molecule has 36 nitrogen and oxygen atoms in total. The van der Waals surface area contributed by atoms with Crippen molar-refractivity contribution in [3.8, 4) is 0 Å². The normalized spacial score (nSPS) is 31.6. The molecule has 98 heavy (non-hydrogen) atoms. The first-order valence-electron chi connectivity index (χ1n) is 32.4. The van der Waals surface area contributed by atoms with E-state index in [9.17, 15) is 92.1 Å². The average Bonchev–Trinajstić information content (AvgIpc) is 1.40. The third kappa shape index (κ3) is 17.5. The van der Waals surface area contributed by atoms with E-state index in [1.54, 1.807) is 0 Å². The smallest absolute Gasteiger partial charge is 0.458 e. The van der Waals surface area contributed by atoms with E-state index >= 15 is 0 Å². The number of aliphatic hydroxyl groups excluding tert-OH is 3. The summed E-state index contributed by atoms with van der Waals surface area (Å²) in [5, 5.41) is 53.5. The molecule has 5 heterocycles. The van der Waals surface area contributed by atoms with Crippen molar-refractivity contribution < 1.29 is 119 Å². The van der Waals surface area contributed by atoms with E-state index in [2.05, 4.69) is 57.5 Å². The number of carbonyl (C=O) groups excluding carboxylic acids is 8. The van der Waals surface area contributed by atoms with Gasteiger partial charge in [0.15, 0.2) is 17.7 Å². The number of hydrogen-bond acceptors (Lipinski definition) is 26. The number of nitrogen functional groups attached to an aromatic ring is 1. The molecule has 9 rings (SSSR count). The summed E-state index contributed by atoms with van der Waals surface area (Å²) in [6.07, 6.45) is 0.317. The molecule has 0 aromatic carbocycles. The highest BCUT2D eigenvalue weighted by Gasteiger charge is 2.71. The number of fused-ring (bicyclic) bond motifs is 6. The maximum Gasteiger partial charge on any atom is 0.481 e. The van der Waals surface area contributed by atoms with Crippen molar-refractivity contribution in [1.29, 1.82) is 0 Å². The fraction of sp³-hybridized carbons (Fsp3) is 0.741. The molecule has 2 aromatic heterocycles. The number of phosphoric acid groups is 3. The van der Waals surface area contributed by atoms with Gasteiger partial charge in [0.2, 0.25) is 41.4 Å². The number of nitrogens with zero attached hydrogens (tertiary/aromatic N) is 5. The van der Waals surface area contributed by atoms with Gasteiger partial charge in [-0.15, -0.1) is 11.8 Å². The van der Waals surface area contributed by atoms with Gasteiger partial charge in [0.1, 0.15) is 42.9 Å². The number of carbonyl (C=O) groups is 8. The van der Waals surface area contributed by atoms with E-state index in [-0.39, 0.29) is 140 Å². The number of anilines is 1. The largest absolute Gasteiger partial charge is 0.481 e. The molecule has 3 unspecified atom stereocenters. The highest BCUT2D eigenvalue weighted by Crippen LogP contribution is 2.70. The van der Waals surface area contributed by atoms with Gasteiger partial charge in [0.05, 0.1) is 36.5 Å². The van der Waals surface area contributed by atoms with Crippen LogP contribution >= 0.6 is 35.2 Å². The first-order chi connectivity index (χ1) is 46.0. The lowest BCUT2D eigenvalue weighted by Gasteiger charge is -2.65. The number of esters is 1. The highest BCUT2D eigenvalue weighted by molar-refractivity contribution is 8.00. The Kier molecular flexibility index (Phi) is 24.3. The molecule has 0 radical (unpaired) electrons. The minimum atomic E-state index is -5.64. The number of rotatable bonds is 31. The summed E-state index contributed by atoms with van der Waals surface area (Å²) >= 11 is 1.17. The molecule has 2 aromatic rings. The molecule has 2 saturated heterocycles. The van der Waals surface area contributed by atoms with Crippen molar-refractivity contribution in [2.24, 2.45) is 39.9 Å². The number of aromatic nitrogens is 4. The molecule has 0 bridgehead atoms. The summed E-state index contributed by atoms with van der Waals surface area (Å²) in [7, 11) is -16.6. The topological polar surface area (TPSA) is 538 Å². The average molecular weight is 1460 g/mol. The molecule has 4 saturated carbocycles. The standard InChI is InChI=1S/C58H88N11O25P3S/c1-55(2,28-91-97(87,88)94-96(85,86)90-27-37-48(93-95(82,83)84)47(77)54(92-37)69-30-64-46-50(59)62-29-63-51(46)69)49(78)52(79)61-18-15-40(71)60-19-21-98-38-25-44(75)68(53(38)80)20-7-5-6-8-42(73)66-67-43(74)12-11-41(72)65-33-13-16-56(3)32(23-33)9-10-35-36(56)24-39(70)57(4)34(14-17-58(35,57)81)31-22-45(76)89-26-31/h22,29-30,32-39,47-49,54,70,77-78,81H,5-21,23-28H2,1-4H3,(H,60,71)(H,61,79)(H,65,72)(H,66,73)(H,67,74)(H,85,86)(H,87,88)(H2,59,62,63)(H2,82,83,84)/t32-,33+,34-,35-,36-,37-,38+,39-,47?,48+,49+,54-,56+,57+,58+/m1/s1. The maximum atomic E-state index is 13.1. The minimum Gasteiger partial charge on any atom is -0.458 e. The number of thioether (sulfide) groups is 1. The van der Waals surface area contributed by atoms with E-state index in [0.717, 1.165) is 59.8 Å². The van der Waals surface area contributed by atoms with E-state index < -0.39 is 119 Å². The Hall–Kier alpha value is -5.43. The Morgan fingerprint density at radius 3 is 2.28 bits per heavy atom. The summed E-state index contributed by atoms with van der Waals surface area (Å²) in [6, 6.07) is -0.0883. The first kappa shape index (κ1) is 76.7. The summed E-state index contributed by atoms with van der Waals surface area (Å²) in [5.74, 6) is -3.56. The Morgan fingerprint density at radius 1 is 0.847 bits per heavy atom. The fourth-order valence-electron chi connectivity index (χ4n) is 15.4. The van der Waals surface area contributed by atoms with Crippen LogP contribution in [0.25, 0.3) is 11.2 Å². The quantitative estimate of drug-likeness (QED) is 0.0160. The molecule has 17 atom stereocenters. The zero-order valence-electron chi connectivity index (χ0n) is 54.5. The number of cyclic esters (lactones) is 1. The van der Waals surface area contributed by atoms with Gasteiger partial charge in [-0.05, 0) is 98.9 Å². The Morgan fingerprint density at radius 2 is 1.56 bits per heavy atom. The highest BCUT2D eigenvalue weighted by atomic mass is 32.2. The molecular formula is C58H88N11O25P3S. The Bertz CT molecular complexity index is 3530. The van der Waals surface area contributed by atoms with Gasteiger partial charge in [-0.3, -0.25) is 67.5 Å². The van der Waals surface area contributed by atoms with Crippen molar-refractivity contribution >= 4 is 99.5 Å². The molecule has 40 heteroatoms. The lowest BCUT2D eigenvalue weighted by atomic mass is 9.42. The lowest BCUT2D eigenvalue weighted by Crippen LogP contribution is -2.67. The van der Waals surface area contributed by atoms with Crippen LogP contribution in [0.1, 0.15) is 137 Å². The number of nitrogens with two attached hydrogens (primary N) is 1. The van der Waals surface area contributed by atoms with Gasteiger partial charge in [-0.25, -0.2) is 33.4 Å². The number of imidazole rings is 1. The van der Waals surface area contributed by atoms with Gasteiger partial charge in [0.25, 0.3) is 0 Å². The second-order valence-corrected chi connectivity index (χ2v) is 32.9. The van der Waals surface area contributed by atoms with E-state index in [1.807, 2.05) is 6.92 Å². The third-order valence-electron chi connectivity index (χ3n) is 20.7. The number of likely N-dealkylation sites (tertiary alicyclic amines) is 1. The summed E-state index contributed by atoms with van der Waals surface area (Å²) in [4.78, 5) is 154. The molecule has 4 aliphatic carbocycles. The number of amides is 7. The van der Waals surface area contributed by atoms with Crippen LogP contribution in [0.15, 0.2) is 24.3 Å².